The van der Waals surface area contributed by atoms with Crippen LogP contribution in [0.15, 0.2) is 66.0 Å². The monoisotopic (exact) mass is 295 g/mol. The number of benzene rings is 2. The van der Waals surface area contributed by atoms with Crippen molar-refractivity contribution in [1.29, 1.82) is 0 Å². The van der Waals surface area contributed by atoms with E-state index in [0.29, 0.717) is 6.42 Å². The van der Waals surface area contributed by atoms with Crippen molar-refractivity contribution in [2.24, 2.45) is 0 Å². The first-order chi connectivity index (χ1) is 10.3. The smallest absolute Gasteiger partial charge is 0.0972 e. The lowest BCUT2D eigenvalue weighted by Gasteiger charge is -2.08. The highest BCUT2D eigenvalue weighted by molar-refractivity contribution is 7.09. The van der Waals surface area contributed by atoms with Crippen LogP contribution in [0.2, 0.25) is 0 Å². The molecule has 0 bridgehead atoms. The highest BCUT2D eigenvalue weighted by atomic mass is 32.1. The van der Waals surface area contributed by atoms with Gasteiger partial charge in [0.15, 0.2) is 0 Å². The van der Waals surface area contributed by atoms with Gasteiger partial charge >= 0.3 is 0 Å². The normalized spacial score (nSPS) is 12.2. The van der Waals surface area contributed by atoms with Crippen LogP contribution in [0.1, 0.15) is 27.9 Å². The Balaban J connectivity index is 1.65. The van der Waals surface area contributed by atoms with Crippen molar-refractivity contribution in [3.8, 4) is 0 Å². The van der Waals surface area contributed by atoms with Gasteiger partial charge in [-0.2, -0.15) is 0 Å². The molecular formula is C18H17NOS. The Kier molecular flexibility index (Phi) is 4.43. The van der Waals surface area contributed by atoms with Crippen molar-refractivity contribution >= 4 is 11.3 Å². The van der Waals surface area contributed by atoms with E-state index in [-0.39, 0.29) is 0 Å². The second kappa shape index (κ2) is 6.66. The van der Waals surface area contributed by atoms with Crippen LogP contribution in [0.4, 0.5) is 0 Å². The molecule has 1 atom stereocenters. The number of hydrogen-bond acceptors (Lipinski definition) is 3. The average Bonchev–Trinajstić information content (AvgIpc) is 2.96. The van der Waals surface area contributed by atoms with E-state index >= 15 is 0 Å². The standard InChI is InChI=1S/C18H17NOS/c20-17(15-9-5-2-6-10-15)12-16-13-21-18(19-16)11-14-7-3-1-4-8-14/h1-10,13,17,20H,11-12H2. The van der Waals surface area contributed by atoms with Crippen molar-refractivity contribution in [3.05, 3.63) is 87.9 Å². The molecular weight excluding hydrogens is 278 g/mol. The van der Waals surface area contributed by atoms with Gasteiger partial charge in [-0.05, 0) is 11.1 Å². The molecule has 21 heavy (non-hydrogen) atoms. The molecule has 0 aliphatic rings. The van der Waals surface area contributed by atoms with E-state index in [0.717, 1.165) is 22.7 Å². The summed E-state index contributed by atoms with van der Waals surface area (Å²) in [6.45, 7) is 0. The van der Waals surface area contributed by atoms with E-state index in [4.69, 9.17) is 0 Å². The summed E-state index contributed by atoms with van der Waals surface area (Å²) >= 11 is 1.66. The van der Waals surface area contributed by atoms with Crippen molar-refractivity contribution in [2.75, 3.05) is 0 Å². The summed E-state index contributed by atoms with van der Waals surface area (Å²) in [7, 11) is 0. The zero-order chi connectivity index (χ0) is 14.5. The molecule has 2 aromatic carbocycles. The maximum Gasteiger partial charge on any atom is 0.0972 e. The summed E-state index contributed by atoms with van der Waals surface area (Å²) < 4.78 is 0. The van der Waals surface area contributed by atoms with E-state index in [9.17, 15) is 5.11 Å². The Morgan fingerprint density at radius 3 is 2.33 bits per heavy atom. The van der Waals surface area contributed by atoms with Crippen molar-refractivity contribution < 1.29 is 5.11 Å². The number of aromatic nitrogens is 1. The lowest BCUT2D eigenvalue weighted by Crippen LogP contribution is -2.02. The Bertz CT molecular complexity index is 679. The van der Waals surface area contributed by atoms with Gasteiger partial charge in [-0.25, -0.2) is 4.98 Å². The first-order valence-electron chi connectivity index (χ1n) is 7.01. The zero-order valence-electron chi connectivity index (χ0n) is 11.6. The second-order valence-corrected chi connectivity index (χ2v) is 5.97. The number of hydrogen-bond donors (Lipinski definition) is 1. The number of nitrogens with zero attached hydrogens (tertiary/aromatic N) is 1. The molecule has 106 valence electrons. The molecule has 0 spiro atoms. The number of rotatable bonds is 5. The third-order valence-corrected chi connectivity index (χ3v) is 4.28. The van der Waals surface area contributed by atoms with Gasteiger partial charge in [-0.3, -0.25) is 0 Å². The maximum absolute atomic E-state index is 10.2. The van der Waals surface area contributed by atoms with Gasteiger partial charge in [-0.1, -0.05) is 60.7 Å². The van der Waals surface area contributed by atoms with Gasteiger partial charge in [-0.15, -0.1) is 11.3 Å². The minimum absolute atomic E-state index is 0.488. The number of aliphatic hydroxyl groups is 1. The van der Waals surface area contributed by atoms with E-state index in [2.05, 4.69) is 17.1 Å². The van der Waals surface area contributed by atoms with Gasteiger partial charge in [0.1, 0.15) is 0 Å². The van der Waals surface area contributed by atoms with Crippen LogP contribution >= 0.6 is 11.3 Å². The van der Waals surface area contributed by atoms with Gasteiger partial charge < -0.3 is 5.11 Å². The molecule has 0 saturated carbocycles. The summed E-state index contributed by atoms with van der Waals surface area (Å²) in [5.74, 6) is 0. The largest absolute Gasteiger partial charge is 0.388 e. The van der Waals surface area contributed by atoms with Crippen molar-refractivity contribution in [2.45, 2.75) is 18.9 Å². The summed E-state index contributed by atoms with van der Waals surface area (Å²) in [6.07, 6.45) is 0.931. The highest BCUT2D eigenvalue weighted by Gasteiger charge is 2.11. The van der Waals surface area contributed by atoms with E-state index in [1.165, 1.54) is 5.56 Å². The zero-order valence-corrected chi connectivity index (χ0v) is 12.5. The topological polar surface area (TPSA) is 33.1 Å². The fourth-order valence-electron chi connectivity index (χ4n) is 2.29. The van der Waals surface area contributed by atoms with Crippen LogP contribution in [0.3, 0.4) is 0 Å². The summed E-state index contributed by atoms with van der Waals surface area (Å²) in [5.41, 5.74) is 3.17. The Morgan fingerprint density at radius 2 is 1.62 bits per heavy atom. The molecule has 1 aromatic heterocycles. The molecule has 1 N–H and O–H groups in total. The summed E-state index contributed by atoms with van der Waals surface area (Å²) in [6, 6.07) is 20.1. The lowest BCUT2D eigenvalue weighted by atomic mass is 10.1. The molecule has 0 fully saturated rings. The highest BCUT2D eigenvalue weighted by Crippen LogP contribution is 2.21. The summed E-state index contributed by atoms with van der Waals surface area (Å²) in [5, 5.41) is 13.4. The van der Waals surface area contributed by atoms with Crippen LogP contribution in [-0.4, -0.2) is 10.1 Å². The van der Waals surface area contributed by atoms with Crippen molar-refractivity contribution in [1.82, 2.24) is 4.98 Å². The molecule has 0 amide bonds. The third kappa shape index (κ3) is 3.78. The first kappa shape index (κ1) is 14.0. The van der Waals surface area contributed by atoms with Gasteiger partial charge in [0.05, 0.1) is 16.8 Å². The molecule has 3 aromatic rings. The van der Waals surface area contributed by atoms with E-state index in [1.54, 1.807) is 11.3 Å². The third-order valence-electron chi connectivity index (χ3n) is 3.38. The maximum atomic E-state index is 10.2. The van der Waals surface area contributed by atoms with Crippen LogP contribution in [0.5, 0.6) is 0 Å². The second-order valence-electron chi connectivity index (χ2n) is 5.03. The molecule has 1 unspecified atom stereocenters. The van der Waals surface area contributed by atoms with Crippen LogP contribution in [-0.2, 0) is 12.8 Å². The SMILES string of the molecule is OC(Cc1csc(Cc2ccccc2)n1)c1ccccc1. The molecule has 0 aliphatic heterocycles. The van der Waals surface area contributed by atoms with Gasteiger partial charge in [0.25, 0.3) is 0 Å². The first-order valence-corrected chi connectivity index (χ1v) is 7.89. The van der Waals surface area contributed by atoms with E-state index < -0.39 is 6.10 Å². The molecule has 3 heteroatoms. The predicted octanol–water partition coefficient (Wildman–Crippen LogP) is 4.01. The van der Waals surface area contributed by atoms with Crippen LogP contribution in [0.25, 0.3) is 0 Å². The van der Waals surface area contributed by atoms with Crippen LogP contribution < -0.4 is 0 Å². The molecule has 1 heterocycles. The van der Waals surface area contributed by atoms with Gasteiger partial charge in [0.2, 0.25) is 0 Å². The number of aliphatic hydroxyl groups excluding tert-OH is 1. The quantitative estimate of drug-likeness (QED) is 0.771. The molecule has 3 rings (SSSR count). The minimum Gasteiger partial charge on any atom is -0.388 e. The molecule has 2 nitrogen and oxygen atoms in total. The fraction of sp³-hybridized carbons (Fsp3) is 0.167. The molecule has 0 aliphatic carbocycles. The minimum atomic E-state index is -0.488. The Labute approximate surface area is 128 Å². The Hall–Kier alpha value is -1.97. The van der Waals surface area contributed by atoms with Crippen molar-refractivity contribution in [3.63, 3.8) is 0 Å². The average molecular weight is 295 g/mol. The van der Waals surface area contributed by atoms with Crippen LogP contribution in [0, 0.1) is 0 Å². The molecule has 0 radical (unpaired) electrons. The predicted molar refractivity (Wildman–Crippen MR) is 86.5 cm³/mol. The van der Waals surface area contributed by atoms with E-state index in [1.807, 2.05) is 53.9 Å². The molecule has 0 saturated heterocycles. The fourth-order valence-corrected chi connectivity index (χ4v) is 3.13. The van der Waals surface area contributed by atoms with Gasteiger partial charge in [0, 0.05) is 18.2 Å². The number of thiazole rings is 1. The summed E-state index contributed by atoms with van der Waals surface area (Å²) in [4.78, 5) is 4.63. The Morgan fingerprint density at radius 1 is 0.952 bits per heavy atom. The lowest BCUT2D eigenvalue weighted by molar-refractivity contribution is 0.177.